The average molecular weight is 314 g/mol. The van der Waals surface area contributed by atoms with Gasteiger partial charge < -0.3 is 15.6 Å². The fraction of sp³-hybridized carbons (Fsp3) is 0.0500. The summed E-state index contributed by atoms with van der Waals surface area (Å²) >= 11 is 0. The number of nitriles is 1. The highest BCUT2D eigenvalue weighted by Gasteiger charge is 2.32. The molecule has 0 bridgehead atoms. The van der Waals surface area contributed by atoms with Crippen LogP contribution in [-0.2, 0) is 0 Å². The van der Waals surface area contributed by atoms with Gasteiger partial charge in [0.25, 0.3) is 0 Å². The van der Waals surface area contributed by atoms with Crippen LogP contribution in [0.4, 0.5) is 0 Å². The lowest BCUT2D eigenvalue weighted by Crippen LogP contribution is -2.21. The molecule has 4 rings (SSSR count). The third-order valence-electron chi connectivity index (χ3n) is 4.32. The second kappa shape index (κ2) is 5.32. The fourth-order valence-electron chi connectivity index (χ4n) is 3.26. The molecule has 1 aliphatic rings. The molecule has 0 saturated carbocycles. The molecule has 0 aromatic heterocycles. The predicted octanol–water partition coefficient (Wildman–Crippen LogP) is 3.76. The molecule has 0 fully saturated rings. The lowest BCUT2D eigenvalue weighted by Gasteiger charge is -2.27. The van der Waals surface area contributed by atoms with Crippen LogP contribution in [0.2, 0.25) is 0 Å². The van der Waals surface area contributed by atoms with Crippen molar-refractivity contribution in [2.75, 3.05) is 0 Å². The Balaban J connectivity index is 2.09. The van der Waals surface area contributed by atoms with Crippen LogP contribution < -0.4 is 10.5 Å². The molecule has 0 spiro atoms. The standard InChI is InChI=1S/C20H14N2O2/c21-11-16-18(13-4-2-1-3-5-13)19-15-10-14(23)8-6-12(15)7-9-17(19)24-20(16)22/h1-10,18,23H,22H2. The summed E-state index contributed by atoms with van der Waals surface area (Å²) in [5.74, 6) is 0.575. The molecule has 116 valence electrons. The van der Waals surface area contributed by atoms with E-state index in [1.165, 1.54) is 0 Å². The molecule has 1 aliphatic heterocycles. The fourth-order valence-corrected chi connectivity index (χ4v) is 3.26. The maximum absolute atomic E-state index is 9.92. The number of hydrogen-bond donors (Lipinski definition) is 2. The van der Waals surface area contributed by atoms with Gasteiger partial charge in [0.05, 0.1) is 5.92 Å². The predicted molar refractivity (Wildman–Crippen MR) is 91.4 cm³/mol. The van der Waals surface area contributed by atoms with E-state index in [9.17, 15) is 10.4 Å². The van der Waals surface area contributed by atoms with Gasteiger partial charge >= 0.3 is 0 Å². The summed E-state index contributed by atoms with van der Waals surface area (Å²) in [5.41, 5.74) is 8.17. The van der Waals surface area contributed by atoms with Crippen molar-refractivity contribution in [1.82, 2.24) is 0 Å². The van der Waals surface area contributed by atoms with Crippen molar-refractivity contribution in [2.45, 2.75) is 5.92 Å². The molecule has 4 heteroatoms. The van der Waals surface area contributed by atoms with Crippen molar-refractivity contribution < 1.29 is 9.84 Å². The highest BCUT2D eigenvalue weighted by Crippen LogP contribution is 2.45. The third kappa shape index (κ3) is 2.07. The molecule has 0 aliphatic carbocycles. The van der Waals surface area contributed by atoms with Crippen LogP contribution in [0.15, 0.2) is 72.1 Å². The normalized spacial score (nSPS) is 16.4. The summed E-state index contributed by atoms with van der Waals surface area (Å²) in [6.07, 6.45) is 0. The smallest absolute Gasteiger partial charge is 0.205 e. The van der Waals surface area contributed by atoms with Crippen molar-refractivity contribution in [1.29, 1.82) is 5.26 Å². The minimum Gasteiger partial charge on any atom is -0.508 e. The minimum atomic E-state index is -0.328. The molecule has 1 atom stereocenters. The van der Waals surface area contributed by atoms with Gasteiger partial charge in [0.15, 0.2) is 0 Å². The van der Waals surface area contributed by atoms with Crippen molar-refractivity contribution in [3.05, 3.63) is 83.2 Å². The summed E-state index contributed by atoms with van der Waals surface area (Å²) in [5, 5.41) is 21.4. The van der Waals surface area contributed by atoms with Gasteiger partial charge in [0, 0.05) is 5.56 Å². The Kier molecular flexibility index (Phi) is 3.14. The number of benzene rings is 3. The zero-order valence-corrected chi connectivity index (χ0v) is 12.7. The minimum absolute atomic E-state index is 0.123. The van der Waals surface area contributed by atoms with Crippen LogP contribution in [0.25, 0.3) is 10.8 Å². The van der Waals surface area contributed by atoms with Crippen molar-refractivity contribution >= 4 is 10.8 Å². The summed E-state index contributed by atoms with van der Waals surface area (Å²) < 4.78 is 5.69. The van der Waals surface area contributed by atoms with Gasteiger partial charge in [0.2, 0.25) is 5.88 Å². The van der Waals surface area contributed by atoms with Gasteiger partial charge in [-0.05, 0) is 34.5 Å². The van der Waals surface area contributed by atoms with Gasteiger partial charge in [-0.2, -0.15) is 5.26 Å². The van der Waals surface area contributed by atoms with E-state index in [1.54, 1.807) is 12.1 Å². The molecule has 0 amide bonds. The van der Waals surface area contributed by atoms with E-state index in [0.29, 0.717) is 11.3 Å². The van der Waals surface area contributed by atoms with Gasteiger partial charge in [-0.25, -0.2) is 0 Å². The van der Waals surface area contributed by atoms with Crippen LogP contribution in [0, 0.1) is 11.3 Å². The summed E-state index contributed by atoms with van der Waals surface area (Å²) in [6, 6.07) is 20.9. The first-order valence-electron chi connectivity index (χ1n) is 7.57. The van der Waals surface area contributed by atoms with E-state index in [0.717, 1.165) is 21.9 Å². The van der Waals surface area contributed by atoms with Crippen molar-refractivity contribution in [3.63, 3.8) is 0 Å². The third-order valence-corrected chi connectivity index (χ3v) is 4.32. The van der Waals surface area contributed by atoms with E-state index in [2.05, 4.69) is 6.07 Å². The molecule has 1 heterocycles. The van der Waals surface area contributed by atoms with Crippen LogP contribution in [0.5, 0.6) is 11.5 Å². The number of nitrogens with two attached hydrogens (primary N) is 1. The molecule has 3 aromatic rings. The molecule has 1 unspecified atom stereocenters. The largest absolute Gasteiger partial charge is 0.508 e. The number of phenolic OH excluding ortho intramolecular Hbond substituents is 1. The highest BCUT2D eigenvalue weighted by atomic mass is 16.5. The first-order valence-corrected chi connectivity index (χ1v) is 7.57. The second-order valence-electron chi connectivity index (χ2n) is 5.72. The number of aromatic hydroxyl groups is 1. The molecule has 0 saturated heterocycles. The van der Waals surface area contributed by atoms with E-state index in [-0.39, 0.29) is 17.6 Å². The zero-order chi connectivity index (χ0) is 16.7. The average Bonchev–Trinajstić information content (AvgIpc) is 2.61. The van der Waals surface area contributed by atoms with Crippen LogP contribution in [0.1, 0.15) is 17.0 Å². The lowest BCUT2D eigenvalue weighted by molar-refractivity contribution is 0.395. The number of ether oxygens (including phenoxy) is 1. The van der Waals surface area contributed by atoms with Gasteiger partial charge in [-0.3, -0.25) is 0 Å². The van der Waals surface area contributed by atoms with Crippen molar-refractivity contribution in [3.8, 4) is 17.6 Å². The number of fused-ring (bicyclic) bond motifs is 3. The first-order chi connectivity index (χ1) is 11.7. The molecule has 4 nitrogen and oxygen atoms in total. The Hall–Kier alpha value is -3.45. The van der Waals surface area contributed by atoms with E-state index in [1.807, 2.05) is 48.5 Å². The number of nitrogens with zero attached hydrogens (tertiary/aromatic N) is 1. The zero-order valence-electron chi connectivity index (χ0n) is 12.7. The molecule has 0 radical (unpaired) electrons. The highest BCUT2D eigenvalue weighted by molar-refractivity contribution is 5.91. The molecular formula is C20H14N2O2. The van der Waals surface area contributed by atoms with Gasteiger partial charge in [0.1, 0.15) is 23.1 Å². The monoisotopic (exact) mass is 314 g/mol. The lowest BCUT2D eigenvalue weighted by atomic mass is 9.81. The number of allylic oxidation sites excluding steroid dienone is 1. The molecule has 24 heavy (non-hydrogen) atoms. The maximum atomic E-state index is 9.92. The van der Waals surface area contributed by atoms with Crippen molar-refractivity contribution in [2.24, 2.45) is 5.73 Å². The molecular weight excluding hydrogens is 300 g/mol. The van der Waals surface area contributed by atoms with Crippen LogP contribution in [-0.4, -0.2) is 5.11 Å². The number of phenols is 1. The molecule has 3 aromatic carbocycles. The summed E-state index contributed by atoms with van der Waals surface area (Å²) in [4.78, 5) is 0. The van der Waals surface area contributed by atoms with E-state index in [4.69, 9.17) is 10.5 Å². The van der Waals surface area contributed by atoms with Gasteiger partial charge in [-0.1, -0.05) is 42.5 Å². The van der Waals surface area contributed by atoms with Crippen LogP contribution >= 0.6 is 0 Å². The summed E-state index contributed by atoms with van der Waals surface area (Å²) in [6.45, 7) is 0. The quantitative estimate of drug-likeness (QED) is 0.716. The maximum Gasteiger partial charge on any atom is 0.205 e. The number of rotatable bonds is 1. The van der Waals surface area contributed by atoms with E-state index < -0.39 is 0 Å². The molecule has 3 N–H and O–H groups in total. The van der Waals surface area contributed by atoms with Gasteiger partial charge in [-0.15, -0.1) is 0 Å². The van der Waals surface area contributed by atoms with E-state index >= 15 is 0 Å². The second-order valence-corrected chi connectivity index (χ2v) is 5.72. The Morgan fingerprint density at radius 2 is 1.79 bits per heavy atom. The first kappa shape index (κ1) is 14.2. The van der Waals surface area contributed by atoms with Crippen LogP contribution in [0.3, 0.4) is 0 Å². The Labute approximate surface area is 139 Å². The topological polar surface area (TPSA) is 79.3 Å². The SMILES string of the molecule is N#CC1=C(N)Oc2ccc3ccc(O)cc3c2C1c1ccccc1. The summed E-state index contributed by atoms with van der Waals surface area (Å²) in [7, 11) is 0. The Morgan fingerprint density at radius 3 is 2.54 bits per heavy atom. The Bertz CT molecular complexity index is 1020. The Morgan fingerprint density at radius 1 is 1.04 bits per heavy atom. The number of hydrogen-bond acceptors (Lipinski definition) is 4.